The SMILES string of the molecule is CCCCCC/C=C\C=C/CCCCCCCC(=O)O[C@H](COC(=O)CCCCCCCCCCC(C)C)COP(=O)(O)OC[C@H](O)COP(=O)(O)OC[C@@H](COC(=O)CCCCCCCCCCCCCCCCCC(C)C)OC(=O)CCCCCCCCCCCCCCCCCCCCCCC. The van der Waals surface area contributed by atoms with Crippen molar-refractivity contribution in [1.82, 2.24) is 0 Å². The van der Waals surface area contributed by atoms with E-state index < -0.39 is 97.5 Å². The summed E-state index contributed by atoms with van der Waals surface area (Å²) in [7, 11) is -9.94. The zero-order chi connectivity index (χ0) is 77.1. The van der Waals surface area contributed by atoms with E-state index in [1.54, 1.807) is 0 Å². The van der Waals surface area contributed by atoms with Crippen molar-refractivity contribution in [2.24, 2.45) is 11.8 Å². The highest BCUT2D eigenvalue weighted by Gasteiger charge is 2.30. The van der Waals surface area contributed by atoms with Crippen molar-refractivity contribution < 1.29 is 80.2 Å². The van der Waals surface area contributed by atoms with Crippen molar-refractivity contribution in [3.05, 3.63) is 24.3 Å². The van der Waals surface area contributed by atoms with Gasteiger partial charge >= 0.3 is 39.5 Å². The molecule has 620 valence electrons. The molecule has 2 unspecified atom stereocenters. The minimum atomic E-state index is -4.97. The maximum Gasteiger partial charge on any atom is 0.472 e. The van der Waals surface area contributed by atoms with E-state index in [1.807, 2.05) is 0 Å². The van der Waals surface area contributed by atoms with Gasteiger partial charge in [-0.1, -0.05) is 380 Å². The van der Waals surface area contributed by atoms with Crippen LogP contribution in [0.25, 0.3) is 0 Å². The van der Waals surface area contributed by atoms with E-state index >= 15 is 0 Å². The first kappa shape index (κ1) is 103. The van der Waals surface area contributed by atoms with Crippen LogP contribution in [0, 0.1) is 11.8 Å². The van der Waals surface area contributed by atoms with Gasteiger partial charge in [-0.05, 0) is 63.2 Å². The molecular weight excluding hydrogens is 1370 g/mol. The van der Waals surface area contributed by atoms with Gasteiger partial charge in [-0.25, -0.2) is 9.13 Å². The van der Waals surface area contributed by atoms with Gasteiger partial charge in [0.15, 0.2) is 12.2 Å². The Balaban J connectivity index is 5.27. The van der Waals surface area contributed by atoms with E-state index in [2.05, 4.69) is 65.8 Å². The van der Waals surface area contributed by atoms with Crippen LogP contribution >= 0.6 is 15.6 Å². The first-order valence-corrected chi connectivity index (χ1v) is 46.8. The topological polar surface area (TPSA) is 237 Å². The molecule has 0 fully saturated rings. The lowest BCUT2D eigenvalue weighted by molar-refractivity contribution is -0.161. The number of hydrogen-bond donors (Lipinski definition) is 3. The molecule has 0 heterocycles. The van der Waals surface area contributed by atoms with E-state index in [-0.39, 0.29) is 25.7 Å². The molecule has 0 amide bonds. The molecule has 0 aromatic carbocycles. The Morgan fingerprint density at radius 1 is 0.295 bits per heavy atom. The maximum atomic E-state index is 13.1. The summed E-state index contributed by atoms with van der Waals surface area (Å²) >= 11 is 0. The molecule has 19 heteroatoms. The molecule has 5 atom stereocenters. The lowest BCUT2D eigenvalue weighted by Gasteiger charge is -2.21. The number of carbonyl (C=O) groups is 4. The van der Waals surface area contributed by atoms with E-state index in [0.29, 0.717) is 25.7 Å². The average molecular weight is 1530 g/mol. The summed E-state index contributed by atoms with van der Waals surface area (Å²) < 4.78 is 68.8. The summed E-state index contributed by atoms with van der Waals surface area (Å²) in [5, 5.41) is 10.7. The van der Waals surface area contributed by atoms with E-state index in [4.69, 9.17) is 37.0 Å². The molecule has 0 aliphatic carbocycles. The number of hydrogen-bond acceptors (Lipinski definition) is 15. The average Bonchev–Trinajstić information content (AvgIpc) is 0.936. The second-order valence-electron chi connectivity index (χ2n) is 31.2. The fourth-order valence-corrected chi connectivity index (χ4v) is 14.5. The van der Waals surface area contributed by atoms with E-state index in [1.165, 1.54) is 231 Å². The molecule has 0 saturated carbocycles. The monoisotopic (exact) mass is 1530 g/mol. The van der Waals surface area contributed by atoms with E-state index in [9.17, 15) is 43.2 Å². The number of aliphatic hydroxyl groups excluding tert-OH is 1. The standard InChI is InChI=1S/C86H164O17P2/c1-7-9-11-13-15-17-19-21-23-24-25-26-27-28-32-37-41-45-53-59-65-71-85(90)102-81(74-96-83(88)68-62-56-50-43-39-35-33-29-31-34-38-42-48-54-60-66-78(3)4)76-100-104(92,93)98-72-80(87)73-99-105(94,95)101-77-82(75-97-84(89)69-63-57-51-47-46-49-55-61-67-79(5)6)103-86(91)70-64-58-52-44-40-36-30-22-20-18-16-14-12-10-8-2/h18,20,22,30,78-82,87H,7-17,19,21,23-29,31-77H2,1-6H3,(H,92,93)(H,94,95)/b20-18-,30-22-/t80-,81-,82-/m1/s1. The Kier molecular flexibility index (Phi) is 75.1. The molecule has 0 aromatic rings. The zero-order valence-electron chi connectivity index (χ0n) is 68.5. The van der Waals surface area contributed by atoms with Crippen molar-refractivity contribution >= 4 is 39.5 Å². The molecule has 0 rings (SSSR count). The van der Waals surface area contributed by atoms with Gasteiger partial charge in [-0.2, -0.15) is 0 Å². The predicted molar refractivity (Wildman–Crippen MR) is 432 cm³/mol. The molecule has 0 aliphatic rings. The number of allylic oxidation sites excluding steroid dienone is 4. The van der Waals surface area contributed by atoms with Crippen LogP contribution in [0.5, 0.6) is 0 Å². The first-order chi connectivity index (χ1) is 50.9. The lowest BCUT2D eigenvalue weighted by atomic mass is 10.0. The smallest absolute Gasteiger partial charge is 0.462 e. The normalized spacial score (nSPS) is 14.0. The summed E-state index contributed by atoms with van der Waals surface area (Å²) in [6.45, 7) is 9.59. The predicted octanol–water partition coefficient (Wildman–Crippen LogP) is 25.8. The first-order valence-electron chi connectivity index (χ1n) is 43.8. The number of carbonyl (C=O) groups excluding carboxylic acids is 4. The van der Waals surface area contributed by atoms with Gasteiger partial charge in [0.2, 0.25) is 0 Å². The van der Waals surface area contributed by atoms with Crippen LogP contribution in [-0.4, -0.2) is 96.7 Å². The van der Waals surface area contributed by atoms with Crippen molar-refractivity contribution in [1.29, 1.82) is 0 Å². The Morgan fingerprint density at radius 3 is 0.781 bits per heavy atom. The number of phosphoric ester groups is 2. The fourth-order valence-electron chi connectivity index (χ4n) is 12.9. The van der Waals surface area contributed by atoms with Gasteiger partial charge in [0.25, 0.3) is 0 Å². The number of unbranched alkanes of at least 4 members (excludes halogenated alkanes) is 50. The summed E-state index contributed by atoms with van der Waals surface area (Å²) in [4.78, 5) is 73.2. The van der Waals surface area contributed by atoms with Crippen molar-refractivity contribution in [2.75, 3.05) is 39.6 Å². The highest BCUT2D eigenvalue weighted by molar-refractivity contribution is 7.47. The van der Waals surface area contributed by atoms with Gasteiger partial charge in [0, 0.05) is 25.7 Å². The molecule has 17 nitrogen and oxygen atoms in total. The second kappa shape index (κ2) is 76.9. The third kappa shape index (κ3) is 79.4. The fraction of sp³-hybridized carbons (Fsp3) is 0.907. The third-order valence-electron chi connectivity index (χ3n) is 19.6. The van der Waals surface area contributed by atoms with Gasteiger partial charge < -0.3 is 33.8 Å². The molecule has 0 saturated heterocycles. The third-order valence-corrected chi connectivity index (χ3v) is 21.5. The van der Waals surface area contributed by atoms with Crippen LogP contribution in [0.2, 0.25) is 0 Å². The number of ether oxygens (including phenoxy) is 4. The second-order valence-corrected chi connectivity index (χ2v) is 34.1. The van der Waals surface area contributed by atoms with Crippen molar-refractivity contribution in [3.8, 4) is 0 Å². The molecule has 0 aromatic heterocycles. The van der Waals surface area contributed by atoms with Gasteiger partial charge in [-0.3, -0.25) is 37.3 Å². The summed E-state index contributed by atoms with van der Waals surface area (Å²) in [6.07, 6.45) is 71.7. The minimum absolute atomic E-state index is 0.0847. The number of esters is 4. The molecule has 0 aliphatic heterocycles. The van der Waals surface area contributed by atoms with Crippen LogP contribution in [0.1, 0.15) is 433 Å². The van der Waals surface area contributed by atoms with Crippen LogP contribution in [0.4, 0.5) is 0 Å². The van der Waals surface area contributed by atoms with E-state index in [0.717, 1.165) is 121 Å². The summed E-state index contributed by atoms with van der Waals surface area (Å²) in [5.74, 6) is -0.606. The molecule has 3 N–H and O–H groups in total. The Bertz CT molecular complexity index is 2110. The molecule has 0 radical (unpaired) electrons. The van der Waals surface area contributed by atoms with Gasteiger partial charge in [0.1, 0.15) is 19.3 Å². The highest BCUT2D eigenvalue weighted by Crippen LogP contribution is 2.45. The molecular formula is C86H164O17P2. The van der Waals surface area contributed by atoms with Crippen LogP contribution in [0.15, 0.2) is 24.3 Å². The number of aliphatic hydroxyl groups is 1. The number of phosphoric acid groups is 2. The maximum absolute atomic E-state index is 13.1. The van der Waals surface area contributed by atoms with Crippen molar-refractivity contribution in [3.63, 3.8) is 0 Å². The molecule has 105 heavy (non-hydrogen) atoms. The quantitative estimate of drug-likeness (QED) is 0.0169. The van der Waals surface area contributed by atoms with Crippen LogP contribution in [-0.2, 0) is 65.4 Å². The number of rotatable bonds is 83. The minimum Gasteiger partial charge on any atom is -0.462 e. The van der Waals surface area contributed by atoms with Crippen LogP contribution in [0.3, 0.4) is 0 Å². The molecule has 0 spiro atoms. The Morgan fingerprint density at radius 2 is 0.514 bits per heavy atom. The highest BCUT2D eigenvalue weighted by atomic mass is 31.2. The Hall–Kier alpha value is -2.46. The molecule has 0 bridgehead atoms. The summed E-state index contributed by atoms with van der Waals surface area (Å²) in [6, 6.07) is 0. The largest absolute Gasteiger partial charge is 0.472 e. The lowest BCUT2D eigenvalue weighted by Crippen LogP contribution is -2.30. The van der Waals surface area contributed by atoms with Crippen molar-refractivity contribution in [2.45, 2.75) is 452 Å². The Labute approximate surface area is 643 Å². The zero-order valence-corrected chi connectivity index (χ0v) is 70.3. The van der Waals surface area contributed by atoms with Gasteiger partial charge in [-0.15, -0.1) is 0 Å². The van der Waals surface area contributed by atoms with Crippen LogP contribution < -0.4 is 0 Å². The summed E-state index contributed by atoms with van der Waals surface area (Å²) in [5.41, 5.74) is 0. The van der Waals surface area contributed by atoms with Gasteiger partial charge in [0.05, 0.1) is 26.4 Å².